The number of likely N-dealkylation sites (N-methyl/N-ethyl adjacent to an activating group) is 1. The van der Waals surface area contributed by atoms with Crippen molar-refractivity contribution < 1.29 is 9.47 Å². The second kappa shape index (κ2) is 6.53. The van der Waals surface area contributed by atoms with Gasteiger partial charge in [-0.3, -0.25) is 4.90 Å². The van der Waals surface area contributed by atoms with Crippen molar-refractivity contribution in [2.45, 2.75) is 76.8 Å². The molecule has 3 fully saturated rings. The highest BCUT2D eigenvalue weighted by Gasteiger charge is 2.48. The van der Waals surface area contributed by atoms with Gasteiger partial charge in [0, 0.05) is 31.0 Å². The van der Waals surface area contributed by atoms with Gasteiger partial charge in [-0.05, 0) is 38.3 Å². The Hall–Kier alpha value is -0.160. The summed E-state index contributed by atoms with van der Waals surface area (Å²) in [6.07, 6.45) is 5.93. The van der Waals surface area contributed by atoms with E-state index in [2.05, 4.69) is 31.0 Å². The number of hydrogen-bond donors (Lipinski definition) is 1. The average Bonchev–Trinajstić information content (AvgIpc) is 3.11. The van der Waals surface area contributed by atoms with E-state index in [1.54, 1.807) is 0 Å². The second-order valence-electron chi connectivity index (χ2n) is 7.27. The quantitative estimate of drug-likeness (QED) is 0.863. The van der Waals surface area contributed by atoms with Crippen LogP contribution in [-0.4, -0.2) is 55.1 Å². The van der Waals surface area contributed by atoms with Gasteiger partial charge in [0.1, 0.15) is 0 Å². The van der Waals surface area contributed by atoms with Gasteiger partial charge in [0.2, 0.25) is 0 Å². The minimum Gasteiger partial charge on any atom is -0.347 e. The summed E-state index contributed by atoms with van der Waals surface area (Å²) in [5.74, 6) is 0.457. The molecule has 4 heteroatoms. The molecule has 0 radical (unpaired) electrons. The molecule has 0 aromatic carbocycles. The maximum absolute atomic E-state index is 6.02. The van der Waals surface area contributed by atoms with Crippen LogP contribution in [0.5, 0.6) is 0 Å². The topological polar surface area (TPSA) is 33.7 Å². The summed E-state index contributed by atoms with van der Waals surface area (Å²) < 4.78 is 12.0. The summed E-state index contributed by atoms with van der Waals surface area (Å²) >= 11 is 0. The van der Waals surface area contributed by atoms with E-state index in [1.165, 1.54) is 25.8 Å². The van der Waals surface area contributed by atoms with Crippen LogP contribution in [0.2, 0.25) is 0 Å². The lowest BCUT2D eigenvalue weighted by Gasteiger charge is -2.47. The summed E-state index contributed by atoms with van der Waals surface area (Å²) in [7, 11) is 0. The zero-order chi connectivity index (χ0) is 14.9. The second-order valence-corrected chi connectivity index (χ2v) is 7.27. The first-order chi connectivity index (χ1) is 10.2. The summed E-state index contributed by atoms with van der Waals surface area (Å²) in [6, 6.07) is 1.88. The van der Waals surface area contributed by atoms with Crippen molar-refractivity contribution in [2.24, 2.45) is 5.92 Å². The van der Waals surface area contributed by atoms with Crippen LogP contribution in [0.4, 0.5) is 0 Å². The molecule has 3 atom stereocenters. The van der Waals surface area contributed by atoms with Crippen LogP contribution in [0.1, 0.15) is 52.9 Å². The lowest BCUT2D eigenvalue weighted by atomic mass is 9.83. The number of nitrogens with zero attached hydrogens (tertiary/aromatic N) is 1. The molecule has 3 aliphatic rings. The Bertz CT molecular complexity index is 342. The molecule has 2 saturated heterocycles. The number of nitrogens with one attached hydrogen (secondary N) is 1. The van der Waals surface area contributed by atoms with Crippen molar-refractivity contribution in [1.82, 2.24) is 10.2 Å². The standard InChI is InChI=1S/C17H32N2O2/c1-4-18-14-7-8-17(20-10-11-21-17)12-16(14)19-9-5-6-15(19)13(2)3/h13-16,18H,4-12H2,1-3H3. The Balaban J connectivity index is 1.76. The fourth-order valence-corrected chi connectivity index (χ4v) is 4.68. The average molecular weight is 296 g/mol. The number of hydrogen-bond acceptors (Lipinski definition) is 4. The molecule has 2 aliphatic heterocycles. The van der Waals surface area contributed by atoms with E-state index in [9.17, 15) is 0 Å². The molecule has 21 heavy (non-hydrogen) atoms. The third-order valence-corrected chi connectivity index (χ3v) is 5.64. The maximum atomic E-state index is 6.02. The molecular formula is C17H32N2O2. The highest BCUT2D eigenvalue weighted by Crippen LogP contribution is 2.40. The van der Waals surface area contributed by atoms with Crippen LogP contribution in [0.25, 0.3) is 0 Å². The van der Waals surface area contributed by atoms with Gasteiger partial charge in [-0.1, -0.05) is 20.8 Å². The first-order valence-electron chi connectivity index (χ1n) is 8.92. The molecule has 0 aromatic rings. The minimum atomic E-state index is -0.277. The largest absolute Gasteiger partial charge is 0.347 e. The molecule has 4 nitrogen and oxygen atoms in total. The number of ether oxygens (including phenoxy) is 2. The Morgan fingerprint density at radius 2 is 2.00 bits per heavy atom. The van der Waals surface area contributed by atoms with Gasteiger partial charge in [-0.2, -0.15) is 0 Å². The SMILES string of the molecule is CCNC1CCC2(CC1N1CCCC1C(C)C)OCCO2. The van der Waals surface area contributed by atoms with E-state index in [1.807, 2.05) is 0 Å². The van der Waals surface area contributed by atoms with Crippen LogP contribution in [0.3, 0.4) is 0 Å². The molecule has 3 unspecified atom stereocenters. The number of rotatable bonds is 4. The third-order valence-electron chi connectivity index (χ3n) is 5.64. The van der Waals surface area contributed by atoms with Gasteiger partial charge in [0.25, 0.3) is 0 Å². The zero-order valence-corrected chi connectivity index (χ0v) is 13.9. The van der Waals surface area contributed by atoms with Crippen molar-refractivity contribution in [3.05, 3.63) is 0 Å². The zero-order valence-electron chi connectivity index (χ0n) is 13.9. The molecule has 122 valence electrons. The van der Waals surface area contributed by atoms with Crippen molar-refractivity contribution in [1.29, 1.82) is 0 Å². The summed E-state index contributed by atoms with van der Waals surface area (Å²) in [5.41, 5.74) is 0. The van der Waals surface area contributed by atoms with Crippen LogP contribution in [0.15, 0.2) is 0 Å². The fraction of sp³-hybridized carbons (Fsp3) is 1.00. The van der Waals surface area contributed by atoms with E-state index < -0.39 is 0 Å². The van der Waals surface area contributed by atoms with E-state index in [4.69, 9.17) is 9.47 Å². The molecule has 3 rings (SSSR count). The van der Waals surface area contributed by atoms with E-state index in [0.29, 0.717) is 12.1 Å². The van der Waals surface area contributed by atoms with Gasteiger partial charge in [0.05, 0.1) is 13.2 Å². The van der Waals surface area contributed by atoms with Gasteiger partial charge in [0.15, 0.2) is 5.79 Å². The summed E-state index contributed by atoms with van der Waals surface area (Å²) in [4.78, 5) is 2.77. The molecular weight excluding hydrogens is 264 g/mol. The van der Waals surface area contributed by atoms with Crippen LogP contribution >= 0.6 is 0 Å². The monoisotopic (exact) mass is 296 g/mol. The first kappa shape index (κ1) is 15.7. The molecule has 0 amide bonds. The van der Waals surface area contributed by atoms with E-state index >= 15 is 0 Å². The molecule has 0 aromatic heterocycles. The molecule has 1 spiro atoms. The Morgan fingerprint density at radius 1 is 1.24 bits per heavy atom. The smallest absolute Gasteiger partial charge is 0.170 e. The van der Waals surface area contributed by atoms with Gasteiger partial charge >= 0.3 is 0 Å². The Morgan fingerprint density at radius 3 is 2.67 bits per heavy atom. The minimum absolute atomic E-state index is 0.277. The van der Waals surface area contributed by atoms with Crippen molar-refractivity contribution >= 4 is 0 Å². The predicted octanol–water partition coefficient (Wildman–Crippen LogP) is 2.38. The van der Waals surface area contributed by atoms with Crippen LogP contribution in [0, 0.1) is 5.92 Å². The first-order valence-corrected chi connectivity index (χ1v) is 8.92. The molecule has 1 aliphatic carbocycles. The van der Waals surface area contributed by atoms with Gasteiger partial charge in [-0.25, -0.2) is 0 Å². The summed E-state index contributed by atoms with van der Waals surface area (Å²) in [5, 5.41) is 3.72. The predicted molar refractivity (Wildman–Crippen MR) is 84.3 cm³/mol. The number of likely N-dealkylation sites (tertiary alicyclic amines) is 1. The van der Waals surface area contributed by atoms with Crippen molar-refractivity contribution in [3.63, 3.8) is 0 Å². The van der Waals surface area contributed by atoms with Crippen LogP contribution in [-0.2, 0) is 9.47 Å². The van der Waals surface area contributed by atoms with E-state index in [0.717, 1.165) is 44.6 Å². The van der Waals surface area contributed by atoms with Crippen molar-refractivity contribution in [2.75, 3.05) is 26.3 Å². The van der Waals surface area contributed by atoms with Crippen LogP contribution < -0.4 is 5.32 Å². The summed E-state index contributed by atoms with van der Waals surface area (Å²) in [6.45, 7) is 10.8. The fourth-order valence-electron chi connectivity index (χ4n) is 4.68. The van der Waals surface area contributed by atoms with E-state index in [-0.39, 0.29) is 5.79 Å². The third kappa shape index (κ3) is 3.14. The Labute approximate surface area is 129 Å². The highest BCUT2D eigenvalue weighted by atomic mass is 16.7. The molecule has 1 N–H and O–H groups in total. The highest BCUT2D eigenvalue weighted by molar-refractivity contribution is 4.99. The molecule has 1 saturated carbocycles. The van der Waals surface area contributed by atoms with Gasteiger partial charge < -0.3 is 14.8 Å². The van der Waals surface area contributed by atoms with Crippen molar-refractivity contribution in [3.8, 4) is 0 Å². The van der Waals surface area contributed by atoms with Gasteiger partial charge in [-0.15, -0.1) is 0 Å². The normalized spacial score (nSPS) is 36.9. The maximum Gasteiger partial charge on any atom is 0.170 e. The Kier molecular flexibility index (Phi) is 4.89. The lowest BCUT2D eigenvalue weighted by Crippen LogP contribution is -2.59. The molecule has 0 bridgehead atoms. The lowest BCUT2D eigenvalue weighted by molar-refractivity contribution is -0.194. The molecule has 2 heterocycles.